The Morgan fingerprint density at radius 3 is 1.38 bits per heavy atom. The van der Waals surface area contributed by atoms with E-state index in [-0.39, 0.29) is 24.1 Å². The molecule has 58 heavy (non-hydrogen) atoms. The highest BCUT2D eigenvalue weighted by Gasteiger charge is 2.39. The Hall–Kier alpha value is -6.01. The lowest BCUT2D eigenvalue weighted by molar-refractivity contribution is -0.193. The van der Waals surface area contributed by atoms with E-state index in [9.17, 15) is 40.7 Å². The second-order valence-corrected chi connectivity index (χ2v) is 12.7. The molecular weight excluding hydrogens is 776 g/mol. The zero-order chi connectivity index (χ0) is 43.3. The summed E-state index contributed by atoms with van der Waals surface area (Å²) >= 11 is 0. The average Bonchev–Trinajstić information content (AvgIpc) is 3.17. The zero-order valence-corrected chi connectivity index (χ0v) is 31.1. The Morgan fingerprint density at radius 1 is 0.586 bits per heavy atom. The van der Waals surface area contributed by atoms with Crippen LogP contribution in [0.15, 0.2) is 103 Å². The third-order valence-corrected chi connectivity index (χ3v) is 8.14. The number of nitrogens with zero attached hydrogens (tertiary/aromatic N) is 1. The number of carboxylic acids is 2. The van der Waals surface area contributed by atoms with Crippen LogP contribution in [0.1, 0.15) is 29.5 Å². The quantitative estimate of drug-likeness (QED) is 0.0688. The van der Waals surface area contributed by atoms with Gasteiger partial charge in [0.25, 0.3) is 0 Å². The van der Waals surface area contributed by atoms with Crippen molar-refractivity contribution in [1.29, 1.82) is 0 Å². The highest BCUT2D eigenvalue weighted by molar-refractivity contribution is 5.90. The van der Waals surface area contributed by atoms with Crippen molar-refractivity contribution < 1.29 is 60.5 Å². The van der Waals surface area contributed by atoms with Gasteiger partial charge in [0.1, 0.15) is 0 Å². The van der Waals surface area contributed by atoms with E-state index in [2.05, 4.69) is 10.6 Å². The molecule has 2 atom stereocenters. The van der Waals surface area contributed by atoms with Crippen LogP contribution in [0.4, 0.5) is 26.3 Å². The second-order valence-electron chi connectivity index (χ2n) is 12.7. The summed E-state index contributed by atoms with van der Waals surface area (Å²) < 4.78 is 63.5. The molecule has 0 saturated carbocycles. The number of carboxylic acid groups (broad SMARTS) is 2. The van der Waals surface area contributed by atoms with Crippen LogP contribution in [0.5, 0.6) is 0 Å². The van der Waals surface area contributed by atoms with Crippen molar-refractivity contribution in [2.24, 2.45) is 11.5 Å². The van der Waals surface area contributed by atoms with E-state index in [0.29, 0.717) is 51.9 Å². The summed E-state index contributed by atoms with van der Waals surface area (Å²) in [5.41, 5.74) is 15.2. The number of aliphatic carboxylic acids is 2. The number of nitrogens with one attached hydrogen (secondary N) is 2. The lowest BCUT2D eigenvalue weighted by Crippen LogP contribution is -2.44. The zero-order valence-electron chi connectivity index (χ0n) is 31.1. The van der Waals surface area contributed by atoms with Gasteiger partial charge < -0.3 is 37.2 Å². The first-order valence-electron chi connectivity index (χ1n) is 17.8. The fourth-order valence-corrected chi connectivity index (χ4v) is 5.23. The van der Waals surface area contributed by atoms with Gasteiger partial charge in [-0.3, -0.25) is 14.4 Å². The van der Waals surface area contributed by atoms with Crippen LogP contribution in [0.2, 0.25) is 0 Å². The number of amides is 3. The fourth-order valence-electron chi connectivity index (χ4n) is 5.23. The number of hydrogen-bond donors (Lipinski definition) is 6. The number of halogens is 6. The molecule has 4 rings (SSSR count). The number of fused-ring (bicyclic) bond motifs is 1. The predicted molar refractivity (Wildman–Crippen MR) is 203 cm³/mol. The van der Waals surface area contributed by atoms with Gasteiger partial charge in [-0.25, -0.2) is 9.59 Å². The van der Waals surface area contributed by atoms with Gasteiger partial charge in [0.2, 0.25) is 17.7 Å². The largest absolute Gasteiger partial charge is 0.490 e. The summed E-state index contributed by atoms with van der Waals surface area (Å²) in [6.45, 7) is 1.76. The van der Waals surface area contributed by atoms with Crippen LogP contribution >= 0.6 is 0 Å². The van der Waals surface area contributed by atoms with Gasteiger partial charge in [-0.15, -0.1) is 0 Å². The SMILES string of the molecule is N[C@@H](Cc1ccccc1)C(=O)NCCCN(CCCNC(=O)[C@@H](N)Cc1ccccc1)C(=O)Cc1cccc2ccccc12.O=C(O)C(F)(F)F.O=C(O)C(F)(F)F. The van der Waals surface area contributed by atoms with Gasteiger partial charge >= 0.3 is 24.3 Å². The highest BCUT2D eigenvalue weighted by atomic mass is 19.4. The van der Waals surface area contributed by atoms with Crippen LogP contribution in [-0.4, -0.2) is 95.4 Å². The van der Waals surface area contributed by atoms with Gasteiger partial charge in [0.05, 0.1) is 18.5 Å². The van der Waals surface area contributed by atoms with Crippen molar-refractivity contribution in [3.05, 3.63) is 120 Å². The lowest BCUT2D eigenvalue weighted by atomic mass is 10.0. The van der Waals surface area contributed by atoms with Crippen LogP contribution in [-0.2, 0) is 43.2 Å². The number of rotatable bonds is 16. The van der Waals surface area contributed by atoms with Gasteiger partial charge in [0, 0.05) is 26.2 Å². The molecule has 0 radical (unpaired) electrons. The van der Waals surface area contributed by atoms with Gasteiger partial charge in [-0.05, 0) is 53.1 Å². The Balaban J connectivity index is 0.000000707. The first-order valence-corrected chi connectivity index (χ1v) is 17.8. The Morgan fingerprint density at radius 2 is 0.966 bits per heavy atom. The monoisotopic (exact) mass is 821 g/mol. The van der Waals surface area contributed by atoms with Gasteiger partial charge in [-0.1, -0.05) is 103 Å². The molecule has 8 N–H and O–H groups in total. The van der Waals surface area contributed by atoms with E-state index >= 15 is 0 Å². The summed E-state index contributed by atoms with van der Waals surface area (Å²) in [6, 6.07) is 32.1. The molecule has 0 heterocycles. The summed E-state index contributed by atoms with van der Waals surface area (Å²) in [7, 11) is 0. The number of nitrogens with two attached hydrogens (primary N) is 2. The van der Waals surface area contributed by atoms with Crippen molar-refractivity contribution in [3.8, 4) is 0 Å². The van der Waals surface area contributed by atoms with Crippen molar-refractivity contribution >= 4 is 40.4 Å². The topological polar surface area (TPSA) is 205 Å². The van der Waals surface area contributed by atoms with Crippen LogP contribution in [0.25, 0.3) is 10.8 Å². The molecular formula is C40H45F6N5O7. The van der Waals surface area contributed by atoms with E-state index in [4.69, 9.17) is 31.3 Å². The first-order chi connectivity index (χ1) is 27.3. The third-order valence-electron chi connectivity index (χ3n) is 8.14. The highest BCUT2D eigenvalue weighted by Crippen LogP contribution is 2.20. The molecule has 0 aliphatic carbocycles. The minimum atomic E-state index is -5.08. The van der Waals surface area contributed by atoms with Gasteiger partial charge in [-0.2, -0.15) is 26.3 Å². The Labute approximate surface area is 330 Å². The molecule has 18 heteroatoms. The van der Waals surface area contributed by atoms with E-state index in [0.717, 1.165) is 27.5 Å². The van der Waals surface area contributed by atoms with E-state index in [1.807, 2.05) is 108 Å². The maximum absolute atomic E-state index is 13.5. The molecule has 314 valence electrons. The lowest BCUT2D eigenvalue weighted by Gasteiger charge is -2.24. The molecule has 0 aliphatic rings. The molecule has 4 aromatic rings. The van der Waals surface area contributed by atoms with E-state index < -0.39 is 36.4 Å². The number of alkyl halides is 6. The predicted octanol–water partition coefficient (Wildman–Crippen LogP) is 4.63. The maximum Gasteiger partial charge on any atom is 0.490 e. The number of carbonyl (C=O) groups excluding carboxylic acids is 3. The molecule has 12 nitrogen and oxygen atoms in total. The average molecular weight is 822 g/mol. The second kappa shape index (κ2) is 23.9. The van der Waals surface area contributed by atoms with Crippen LogP contribution < -0.4 is 22.1 Å². The third kappa shape index (κ3) is 18.3. The van der Waals surface area contributed by atoms with Gasteiger partial charge in [0.15, 0.2) is 0 Å². The molecule has 0 fully saturated rings. The number of hydrogen-bond acceptors (Lipinski definition) is 7. The van der Waals surface area contributed by atoms with Crippen molar-refractivity contribution in [1.82, 2.24) is 15.5 Å². The number of carbonyl (C=O) groups is 5. The molecule has 0 unspecified atom stereocenters. The number of benzene rings is 4. The molecule has 0 aliphatic heterocycles. The minimum absolute atomic E-state index is 0.000522. The summed E-state index contributed by atoms with van der Waals surface area (Å²) in [5.74, 6) is -5.94. The maximum atomic E-state index is 13.5. The first kappa shape index (κ1) is 48.1. The molecule has 0 spiro atoms. The molecule has 0 aromatic heterocycles. The van der Waals surface area contributed by atoms with E-state index in [1.54, 1.807) is 0 Å². The normalized spacial score (nSPS) is 12.1. The standard InChI is InChI=1S/C36H43N5O3.2C2HF3O2/c37-32(24-27-12-3-1-4-13-27)35(43)39-20-10-22-41(34(42)26-30-18-9-17-29-16-7-8-19-31(29)30)23-11-21-40-36(44)33(38)25-28-14-5-2-6-15-28;2*3-2(4,5)1(6)7/h1-9,12-19,32-33H,10-11,20-26,37-38H2,(H,39,43)(H,40,44);2*(H,6,7)/t32-,33-;;/m0../s1. The Bertz CT molecular complexity index is 1820. The minimum Gasteiger partial charge on any atom is -0.475 e. The molecule has 0 saturated heterocycles. The Kier molecular flexibility index (Phi) is 19.9. The summed E-state index contributed by atoms with van der Waals surface area (Å²) in [4.78, 5) is 58.3. The van der Waals surface area contributed by atoms with E-state index in [1.165, 1.54) is 0 Å². The molecule has 3 amide bonds. The summed E-state index contributed by atoms with van der Waals surface area (Å²) in [5, 5.41) is 22.2. The van der Waals surface area contributed by atoms with Crippen molar-refractivity contribution in [2.45, 2.75) is 56.5 Å². The van der Waals surface area contributed by atoms with Crippen molar-refractivity contribution in [3.63, 3.8) is 0 Å². The van der Waals surface area contributed by atoms with Crippen LogP contribution in [0, 0.1) is 0 Å². The van der Waals surface area contributed by atoms with Crippen molar-refractivity contribution in [2.75, 3.05) is 26.2 Å². The smallest absolute Gasteiger partial charge is 0.475 e. The summed E-state index contributed by atoms with van der Waals surface area (Å²) in [6.07, 6.45) is -7.81. The fraction of sp³-hybridized carbons (Fsp3) is 0.325. The van der Waals surface area contributed by atoms with Crippen LogP contribution in [0.3, 0.4) is 0 Å². The molecule has 4 aromatic carbocycles. The molecule has 0 bridgehead atoms.